The van der Waals surface area contributed by atoms with E-state index in [0.717, 1.165) is 6.54 Å². The monoisotopic (exact) mass is 282 g/mol. The Labute approximate surface area is 118 Å². The number of aliphatic hydroxyl groups is 1. The summed E-state index contributed by atoms with van der Waals surface area (Å²) in [4.78, 5) is 16.1. The van der Waals surface area contributed by atoms with Gasteiger partial charge in [0.2, 0.25) is 0 Å². The maximum absolute atomic E-state index is 12.3. The number of hydrogen-bond donors (Lipinski definition) is 1. The van der Waals surface area contributed by atoms with Gasteiger partial charge in [0, 0.05) is 43.3 Å². The number of carbonyl (C=O) groups excluding carboxylic acids is 1. The first kappa shape index (κ1) is 14.3. The van der Waals surface area contributed by atoms with Gasteiger partial charge in [-0.2, -0.15) is 0 Å². The van der Waals surface area contributed by atoms with Crippen molar-refractivity contribution in [2.45, 2.75) is 19.1 Å². The number of likely N-dealkylation sites (N-methyl/N-ethyl adjacent to an activating group) is 1. The molecule has 1 amide bonds. The lowest BCUT2D eigenvalue weighted by atomic mass is 10.1. The Balaban J connectivity index is 1.92. The molecular weight excluding hydrogens is 264 g/mol. The lowest BCUT2D eigenvalue weighted by Crippen LogP contribution is -2.55. The van der Waals surface area contributed by atoms with E-state index in [1.54, 1.807) is 36.2 Å². The van der Waals surface area contributed by atoms with Gasteiger partial charge in [0.15, 0.2) is 0 Å². The summed E-state index contributed by atoms with van der Waals surface area (Å²) in [5, 5.41) is 9.87. The van der Waals surface area contributed by atoms with E-state index in [9.17, 15) is 9.90 Å². The van der Waals surface area contributed by atoms with E-state index in [4.69, 9.17) is 11.6 Å². The summed E-state index contributed by atoms with van der Waals surface area (Å²) < 4.78 is 0. The maximum atomic E-state index is 12.3. The fourth-order valence-corrected chi connectivity index (χ4v) is 2.31. The molecule has 1 atom stereocenters. The molecule has 1 fully saturated rings. The quantitative estimate of drug-likeness (QED) is 0.910. The van der Waals surface area contributed by atoms with Crippen LogP contribution in [-0.2, 0) is 0 Å². The smallest absolute Gasteiger partial charge is 0.253 e. The Kier molecular flexibility index (Phi) is 4.45. The number of rotatable bonds is 4. The van der Waals surface area contributed by atoms with Crippen LogP contribution >= 0.6 is 11.6 Å². The third kappa shape index (κ3) is 3.47. The van der Waals surface area contributed by atoms with Crippen molar-refractivity contribution in [3.63, 3.8) is 0 Å². The minimum absolute atomic E-state index is 0.00904. The first-order chi connectivity index (χ1) is 8.97. The van der Waals surface area contributed by atoms with Gasteiger partial charge in [-0.05, 0) is 31.2 Å². The van der Waals surface area contributed by atoms with Gasteiger partial charge in [0.25, 0.3) is 5.91 Å². The van der Waals surface area contributed by atoms with Gasteiger partial charge in [0.05, 0.1) is 6.10 Å². The van der Waals surface area contributed by atoms with Crippen LogP contribution in [0.2, 0.25) is 5.02 Å². The highest BCUT2D eigenvalue weighted by molar-refractivity contribution is 6.30. The van der Waals surface area contributed by atoms with E-state index in [2.05, 4.69) is 4.90 Å². The molecule has 1 N–H and O–H groups in total. The number of aliphatic hydroxyl groups excluding tert-OH is 1. The molecule has 0 spiro atoms. The second-order valence-corrected chi connectivity index (χ2v) is 5.58. The standard InChI is InChI=1S/C14H19ClN2O2/c1-10(7-17-8-13(18)9-17)16(2)14(19)11-3-5-12(15)6-4-11/h3-6,10,13,18H,7-9H2,1-2H3. The van der Waals surface area contributed by atoms with Crippen LogP contribution in [0.1, 0.15) is 17.3 Å². The van der Waals surface area contributed by atoms with Crippen molar-refractivity contribution < 1.29 is 9.90 Å². The van der Waals surface area contributed by atoms with Crippen molar-refractivity contribution >= 4 is 17.5 Å². The molecule has 0 bridgehead atoms. The van der Waals surface area contributed by atoms with Crippen molar-refractivity contribution in [3.8, 4) is 0 Å². The minimum Gasteiger partial charge on any atom is -0.390 e. The van der Waals surface area contributed by atoms with Crippen molar-refractivity contribution in [2.75, 3.05) is 26.7 Å². The normalized spacial score (nSPS) is 17.9. The molecule has 1 heterocycles. The van der Waals surface area contributed by atoms with E-state index < -0.39 is 0 Å². The van der Waals surface area contributed by atoms with Crippen LogP contribution in [0.25, 0.3) is 0 Å². The number of likely N-dealkylation sites (tertiary alicyclic amines) is 1. The molecule has 0 aliphatic carbocycles. The van der Waals surface area contributed by atoms with Gasteiger partial charge in [-0.25, -0.2) is 0 Å². The summed E-state index contributed by atoms with van der Waals surface area (Å²) in [6, 6.07) is 7.02. The number of β-amino-alcohol motifs (C(OH)–C–C–N with tert-alkyl or cyclic N) is 1. The highest BCUT2D eigenvalue weighted by Gasteiger charge is 2.27. The van der Waals surface area contributed by atoms with Crippen molar-refractivity contribution in [2.24, 2.45) is 0 Å². The molecule has 2 rings (SSSR count). The Hall–Kier alpha value is -1.10. The molecule has 1 aliphatic rings. The Morgan fingerprint density at radius 2 is 2.05 bits per heavy atom. The van der Waals surface area contributed by atoms with Gasteiger partial charge in [-0.3, -0.25) is 9.69 Å². The van der Waals surface area contributed by atoms with Crippen molar-refractivity contribution in [3.05, 3.63) is 34.9 Å². The van der Waals surface area contributed by atoms with Gasteiger partial charge in [-0.1, -0.05) is 11.6 Å². The fourth-order valence-electron chi connectivity index (χ4n) is 2.18. The second-order valence-electron chi connectivity index (χ2n) is 5.14. The Morgan fingerprint density at radius 3 is 2.58 bits per heavy atom. The van der Waals surface area contributed by atoms with Gasteiger partial charge in [-0.15, -0.1) is 0 Å². The number of amides is 1. The Morgan fingerprint density at radius 1 is 1.47 bits per heavy atom. The first-order valence-corrected chi connectivity index (χ1v) is 6.78. The molecule has 19 heavy (non-hydrogen) atoms. The number of nitrogens with zero attached hydrogens (tertiary/aromatic N) is 2. The summed E-state index contributed by atoms with van der Waals surface area (Å²) in [5.41, 5.74) is 0.641. The van der Waals surface area contributed by atoms with Crippen LogP contribution in [0.5, 0.6) is 0 Å². The van der Waals surface area contributed by atoms with Crippen molar-refractivity contribution in [1.82, 2.24) is 9.80 Å². The van der Waals surface area contributed by atoms with Crippen LogP contribution in [0.15, 0.2) is 24.3 Å². The predicted octanol–water partition coefficient (Wildman–Crippen LogP) is 1.48. The lowest BCUT2D eigenvalue weighted by Gasteiger charge is -2.39. The van der Waals surface area contributed by atoms with E-state index in [0.29, 0.717) is 23.7 Å². The molecule has 1 aromatic rings. The lowest BCUT2D eigenvalue weighted by molar-refractivity contribution is -0.00873. The third-order valence-electron chi connectivity index (χ3n) is 3.53. The zero-order chi connectivity index (χ0) is 14.0. The molecule has 0 radical (unpaired) electrons. The van der Waals surface area contributed by atoms with Gasteiger partial charge < -0.3 is 10.0 Å². The van der Waals surface area contributed by atoms with Crippen LogP contribution < -0.4 is 0 Å². The summed E-state index contributed by atoms with van der Waals surface area (Å²) in [6.07, 6.45) is -0.204. The zero-order valence-electron chi connectivity index (χ0n) is 11.2. The summed E-state index contributed by atoms with van der Waals surface area (Å²) >= 11 is 5.81. The molecule has 1 aromatic carbocycles. The van der Waals surface area contributed by atoms with Crippen LogP contribution in [0.3, 0.4) is 0 Å². The molecule has 0 aromatic heterocycles. The summed E-state index contributed by atoms with van der Waals surface area (Å²) in [7, 11) is 1.80. The predicted molar refractivity (Wildman–Crippen MR) is 75.5 cm³/mol. The largest absolute Gasteiger partial charge is 0.390 e. The average molecular weight is 283 g/mol. The van der Waals surface area contributed by atoms with E-state index in [1.807, 2.05) is 6.92 Å². The first-order valence-electron chi connectivity index (χ1n) is 6.40. The fraction of sp³-hybridized carbons (Fsp3) is 0.500. The summed E-state index contributed by atoms with van der Waals surface area (Å²) in [5.74, 6) is -0.00904. The van der Waals surface area contributed by atoms with Crippen LogP contribution in [-0.4, -0.2) is 59.6 Å². The molecule has 104 valence electrons. The number of benzene rings is 1. The van der Waals surface area contributed by atoms with Crippen LogP contribution in [0, 0.1) is 0 Å². The molecule has 1 aliphatic heterocycles. The number of carbonyl (C=O) groups is 1. The van der Waals surface area contributed by atoms with Crippen molar-refractivity contribution in [1.29, 1.82) is 0 Å². The highest BCUT2D eigenvalue weighted by Crippen LogP contribution is 2.14. The van der Waals surface area contributed by atoms with E-state index >= 15 is 0 Å². The highest BCUT2D eigenvalue weighted by atomic mass is 35.5. The molecule has 5 heteroatoms. The SMILES string of the molecule is CC(CN1CC(O)C1)N(C)C(=O)c1ccc(Cl)cc1. The average Bonchev–Trinajstić information content (AvgIpc) is 2.36. The van der Waals surface area contributed by atoms with E-state index in [1.165, 1.54) is 0 Å². The molecular formula is C14H19ClN2O2. The van der Waals surface area contributed by atoms with Gasteiger partial charge >= 0.3 is 0 Å². The number of hydrogen-bond acceptors (Lipinski definition) is 3. The Bertz CT molecular complexity index is 443. The zero-order valence-corrected chi connectivity index (χ0v) is 12.0. The molecule has 4 nitrogen and oxygen atoms in total. The van der Waals surface area contributed by atoms with E-state index in [-0.39, 0.29) is 18.1 Å². The van der Waals surface area contributed by atoms with Crippen LogP contribution in [0.4, 0.5) is 0 Å². The summed E-state index contributed by atoms with van der Waals surface area (Å²) in [6.45, 7) is 4.20. The van der Waals surface area contributed by atoms with Gasteiger partial charge in [0.1, 0.15) is 0 Å². The third-order valence-corrected chi connectivity index (χ3v) is 3.78. The molecule has 1 saturated heterocycles. The second kappa shape index (κ2) is 5.90. The molecule has 1 unspecified atom stereocenters. The maximum Gasteiger partial charge on any atom is 0.253 e. The topological polar surface area (TPSA) is 43.8 Å². The minimum atomic E-state index is -0.204. The number of halogens is 1. The molecule has 0 saturated carbocycles.